The number of imidazole rings is 1. The van der Waals surface area contributed by atoms with Gasteiger partial charge in [0, 0.05) is 25.2 Å². The first-order chi connectivity index (χ1) is 12.9. The van der Waals surface area contributed by atoms with E-state index < -0.39 is 41.1 Å². The Morgan fingerprint density at radius 1 is 1.29 bits per heavy atom. The summed E-state index contributed by atoms with van der Waals surface area (Å²) in [5.41, 5.74) is -4.36. The van der Waals surface area contributed by atoms with Crippen molar-refractivity contribution in [3.8, 4) is 0 Å². The lowest BCUT2D eigenvalue weighted by Crippen LogP contribution is -2.21. The number of rotatable bonds is 7. The van der Waals surface area contributed by atoms with Gasteiger partial charge in [0.05, 0.1) is 5.56 Å². The minimum atomic E-state index is -5.01. The number of aromatic carboxylic acids is 1. The topological polar surface area (TPSA) is 68.0 Å². The van der Waals surface area contributed by atoms with E-state index in [-0.39, 0.29) is 23.7 Å². The van der Waals surface area contributed by atoms with Gasteiger partial charge in [-0.25, -0.2) is 23.5 Å². The molecular formula is C17H18F5N3O2S. The molecular weight excluding hydrogens is 405 g/mol. The number of thioether (sulfide) groups is 1. The first-order valence-electron chi connectivity index (χ1n) is 8.17. The molecule has 0 saturated carbocycles. The van der Waals surface area contributed by atoms with Gasteiger partial charge in [-0.1, -0.05) is 25.6 Å². The van der Waals surface area contributed by atoms with Crippen LogP contribution in [0.1, 0.15) is 53.1 Å². The highest BCUT2D eigenvalue weighted by Crippen LogP contribution is 2.39. The molecule has 5 nitrogen and oxygen atoms in total. The van der Waals surface area contributed by atoms with E-state index in [1.165, 1.54) is 6.20 Å². The van der Waals surface area contributed by atoms with E-state index in [1.807, 2.05) is 0 Å². The molecule has 0 aromatic carbocycles. The average Bonchev–Trinajstić information content (AvgIpc) is 2.95. The molecule has 2 aromatic heterocycles. The van der Waals surface area contributed by atoms with Crippen molar-refractivity contribution < 1.29 is 31.9 Å². The van der Waals surface area contributed by atoms with Gasteiger partial charge in [-0.2, -0.15) is 13.2 Å². The van der Waals surface area contributed by atoms with Crippen LogP contribution in [0.2, 0.25) is 0 Å². The lowest BCUT2D eigenvalue weighted by atomic mass is 9.91. The minimum Gasteiger partial charge on any atom is -0.478 e. The fraction of sp³-hybridized carbons (Fsp3) is 0.471. The molecule has 2 rings (SSSR count). The van der Waals surface area contributed by atoms with Gasteiger partial charge in [-0.05, 0) is 23.5 Å². The van der Waals surface area contributed by atoms with Crippen LogP contribution in [0.25, 0.3) is 0 Å². The molecule has 28 heavy (non-hydrogen) atoms. The number of carboxylic acids is 1. The van der Waals surface area contributed by atoms with E-state index in [0.717, 1.165) is 11.8 Å². The summed E-state index contributed by atoms with van der Waals surface area (Å²) in [4.78, 5) is 18.7. The first kappa shape index (κ1) is 22.1. The van der Waals surface area contributed by atoms with Crippen molar-refractivity contribution in [3.63, 3.8) is 0 Å². The summed E-state index contributed by atoms with van der Waals surface area (Å²) < 4.78 is 69.1. The van der Waals surface area contributed by atoms with Crippen LogP contribution in [0, 0.1) is 5.92 Å². The molecule has 2 heterocycles. The number of pyridine rings is 1. The van der Waals surface area contributed by atoms with Crippen LogP contribution in [0.5, 0.6) is 0 Å². The fourth-order valence-corrected chi connectivity index (χ4v) is 3.72. The smallest absolute Gasteiger partial charge is 0.433 e. The molecule has 2 aromatic rings. The van der Waals surface area contributed by atoms with E-state index in [9.17, 15) is 31.9 Å². The molecule has 0 radical (unpaired) electrons. The Labute approximate surface area is 162 Å². The monoisotopic (exact) mass is 423 g/mol. The summed E-state index contributed by atoms with van der Waals surface area (Å²) in [5.74, 6) is -2.29. The van der Waals surface area contributed by atoms with Crippen LogP contribution in [-0.4, -0.2) is 25.6 Å². The SMILES string of the molecule is CC(C)Cc1c(CSc2nccn2C)c(C(F)(F)F)nc(C(F)F)c1C(=O)O. The van der Waals surface area contributed by atoms with E-state index in [2.05, 4.69) is 9.97 Å². The second-order valence-electron chi connectivity index (χ2n) is 6.49. The Balaban J connectivity index is 2.74. The molecule has 0 atom stereocenters. The number of hydrogen-bond donors (Lipinski definition) is 1. The number of aromatic nitrogens is 3. The Bertz CT molecular complexity index is 865. The van der Waals surface area contributed by atoms with E-state index >= 15 is 0 Å². The molecule has 0 aliphatic rings. The van der Waals surface area contributed by atoms with Crippen LogP contribution in [-0.2, 0) is 25.4 Å². The van der Waals surface area contributed by atoms with Gasteiger partial charge >= 0.3 is 12.1 Å². The number of hydrogen-bond acceptors (Lipinski definition) is 4. The number of aryl methyl sites for hydroxylation is 1. The number of alkyl halides is 5. The van der Waals surface area contributed by atoms with Crippen LogP contribution in [0.15, 0.2) is 17.6 Å². The number of nitrogens with zero attached hydrogens (tertiary/aromatic N) is 3. The Morgan fingerprint density at radius 3 is 2.36 bits per heavy atom. The summed E-state index contributed by atoms with van der Waals surface area (Å²) in [7, 11) is 1.65. The molecule has 0 spiro atoms. The van der Waals surface area contributed by atoms with Gasteiger partial charge in [-0.3, -0.25) is 0 Å². The summed E-state index contributed by atoms with van der Waals surface area (Å²) >= 11 is 0.944. The quantitative estimate of drug-likeness (QED) is 0.504. The highest BCUT2D eigenvalue weighted by molar-refractivity contribution is 7.98. The van der Waals surface area contributed by atoms with E-state index in [4.69, 9.17) is 0 Å². The molecule has 154 valence electrons. The largest absolute Gasteiger partial charge is 0.478 e. The first-order valence-corrected chi connectivity index (χ1v) is 9.16. The maximum Gasteiger partial charge on any atom is 0.433 e. The maximum absolute atomic E-state index is 13.6. The van der Waals surface area contributed by atoms with Crippen molar-refractivity contribution >= 4 is 17.7 Å². The highest BCUT2D eigenvalue weighted by Gasteiger charge is 2.40. The molecule has 0 unspecified atom stereocenters. The Morgan fingerprint density at radius 2 is 1.93 bits per heavy atom. The predicted octanol–water partition coefficient (Wildman–Crippen LogP) is 4.96. The summed E-state index contributed by atoms with van der Waals surface area (Å²) in [5, 5.41) is 9.85. The fourth-order valence-electron chi connectivity index (χ4n) is 2.74. The van der Waals surface area contributed by atoms with Gasteiger partial charge in [0.15, 0.2) is 5.16 Å². The van der Waals surface area contributed by atoms with Crippen molar-refractivity contribution in [2.45, 2.75) is 43.8 Å². The highest BCUT2D eigenvalue weighted by atomic mass is 32.2. The van der Waals surface area contributed by atoms with E-state index in [0.29, 0.717) is 5.16 Å². The van der Waals surface area contributed by atoms with Crippen molar-refractivity contribution in [2.24, 2.45) is 13.0 Å². The third kappa shape index (κ3) is 4.81. The second-order valence-corrected chi connectivity index (χ2v) is 7.43. The van der Waals surface area contributed by atoms with Gasteiger partial charge in [0.2, 0.25) is 0 Å². The van der Waals surface area contributed by atoms with Crippen LogP contribution < -0.4 is 0 Å². The summed E-state index contributed by atoms with van der Waals surface area (Å²) in [6.07, 6.45) is -5.51. The predicted molar refractivity (Wildman–Crippen MR) is 92.5 cm³/mol. The minimum absolute atomic E-state index is 0.108. The van der Waals surface area contributed by atoms with Crippen LogP contribution >= 0.6 is 11.8 Å². The standard InChI is InChI=1S/C17H18F5N3O2S/c1-8(2)6-9-10(7-28-16-23-4-5-25(16)3)13(17(20,21)22)24-12(14(18)19)11(9)15(26)27/h4-5,8,14H,6-7H2,1-3H3,(H,26,27). The summed E-state index contributed by atoms with van der Waals surface area (Å²) in [6.45, 7) is 3.33. The van der Waals surface area contributed by atoms with Gasteiger partial charge in [-0.15, -0.1) is 0 Å². The molecule has 0 saturated heterocycles. The van der Waals surface area contributed by atoms with Crippen molar-refractivity contribution in [1.82, 2.24) is 14.5 Å². The molecule has 1 N–H and O–H groups in total. The molecule has 11 heteroatoms. The molecule has 0 fully saturated rings. The van der Waals surface area contributed by atoms with Gasteiger partial charge in [0.25, 0.3) is 6.43 Å². The normalized spacial score (nSPS) is 12.2. The lowest BCUT2D eigenvalue weighted by molar-refractivity contribution is -0.142. The maximum atomic E-state index is 13.6. The zero-order valence-electron chi connectivity index (χ0n) is 15.2. The van der Waals surface area contributed by atoms with Crippen molar-refractivity contribution in [1.29, 1.82) is 0 Å². The number of carbonyl (C=O) groups is 1. The Hall–Kier alpha value is -2.17. The lowest BCUT2D eigenvalue weighted by Gasteiger charge is -2.21. The van der Waals surface area contributed by atoms with Crippen molar-refractivity contribution in [3.05, 3.63) is 40.5 Å². The van der Waals surface area contributed by atoms with Gasteiger partial charge < -0.3 is 9.67 Å². The zero-order chi connectivity index (χ0) is 21.2. The van der Waals surface area contributed by atoms with E-state index in [1.54, 1.807) is 31.7 Å². The molecule has 0 bridgehead atoms. The van der Waals surface area contributed by atoms with Gasteiger partial charge in [0.1, 0.15) is 11.4 Å². The average molecular weight is 423 g/mol. The van der Waals surface area contributed by atoms with Crippen LogP contribution in [0.4, 0.5) is 22.0 Å². The molecule has 0 amide bonds. The Kier molecular flexibility index (Phi) is 6.68. The zero-order valence-corrected chi connectivity index (χ0v) is 16.0. The van der Waals surface area contributed by atoms with Crippen molar-refractivity contribution in [2.75, 3.05) is 0 Å². The third-order valence-corrected chi connectivity index (χ3v) is 4.95. The molecule has 0 aliphatic heterocycles. The molecule has 0 aliphatic carbocycles. The summed E-state index contributed by atoms with van der Waals surface area (Å²) in [6, 6.07) is 0. The number of carboxylic acid groups (broad SMARTS) is 1. The van der Waals surface area contributed by atoms with Crippen LogP contribution in [0.3, 0.4) is 0 Å². The third-order valence-electron chi connectivity index (χ3n) is 3.86. The number of halogens is 5. The second kappa shape index (κ2) is 8.46.